The number of hydrogen-bond donors (Lipinski definition) is 1. The molecule has 2 aromatic rings. The molecule has 1 aliphatic rings. The molecule has 0 saturated heterocycles. The highest BCUT2D eigenvalue weighted by Crippen LogP contribution is 2.34. The lowest BCUT2D eigenvalue weighted by atomic mass is 10.0. The summed E-state index contributed by atoms with van der Waals surface area (Å²) in [5.41, 5.74) is 1.82. The summed E-state index contributed by atoms with van der Waals surface area (Å²) in [7, 11) is 2.79. The van der Waals surface area contributed by atoms with Crippen LogP contribution in [0.3, 0.4) is 0 Å². The number of fused-ring (bicyclic) bond motifs is 1. The summed E-state index contributed by atoms with van der Waals surface area (Å²) in [6, 6.07) is 8.27. The van der Waals surface area contributed by atoms with Crippen LogP contribution < -0.4 is 19.5 Å². The Morgan fingerprint density at radius 3 is 2.64 bits per heavy atom. The first kappa shape index (κ1) is 19.5. The number of carbonyl (C=O) groups is 1. The molecule has 1 heterocycles. The highest BCUT2D eigenvalue weighted by atomic mass is 16.6. The van der Waals surface area contributed by atoms with Crippen molar-refractivity contribution in [2.24, 2.45) is 0 Å². The third-order valence-electron chi connectivity index (χ3n) is 4.62. The van der Waals surface area contributed by atoms with Crippen molar-refractivity contribution in [2.75, 3.05) is 20.8 Å². The van der Waals surface area contributed by atoms with Crippen LogP contribution in [0.15, 0.2) is 30.3 Å². The Bertz CT molecular complexity index is 912. The molecule has 2 aromatic carbocycles. The Morgan fingerprint density at radius 2 is 1.96 bits per heavy atom. The normalized spacial score (nSPS) is 13.2. The molecule has 0 fully saturated rings. The molecule has 3 rings (SSSR count). The number of nitro groups is 1. The van der Waals surface area contributed by atoms with Crippen LogP contribution in [-0.4, -0.2) is 37.7 Å². The van der Waals surface area contributed by atoms with Gasteiger partial charge in [-0.2, -0.15) is 0 Å². The highest BCUT2D eigenvalue weighted by molar-refractivity contribution is 5.99. The zero-order chi connectivity index (χ0) is 20.3. The number of nitrogens with zero attached hydrogens (tertiary/aromatic N) is 1. The predicted octanol–water partition coefficient (Wildman–Crippen LogP) is 2.91. The molecule has 1 aliphatic heterocycles. The van der Waals surface area contributed by atoms with Gasteiger partial charge in [-0.3, -0.25) is 14.9 Å². The molecule has 148 valence electrons. The first-order valence-corrected chi connectivity index (χ1v) is 8.88. The fraction of sp³-hybridized carbons (Fsp3) is 0.350. The number of amides is 1. The van der Waals surface area contributed by atoms with Crippen LogP contribution in [-0.2, 0) is 12.8 Å². The number of carbonyl (C=O) groups excluding carboxylic acids is 1. The van der Waals surface area contributed by atoms with Crippen molar-refractivity contribution < 1.29 is 23.9 Å². The van der Waals surface area contributed by atoms with Crippen molar-refractivity contribution in [2.45, 2.75) is 25.8 Å². The molecular formula is C20H22N2O6. The molecule has 8 heteroatoms. The average Bonchev–Trinajstić information content (AvgIpc) is 3.14. The molecule has 0 aliphatic carbocycles. The fourth-order valence-electron chi connectivity index (χ4n) is 3.27. The fourth-order valence-corrected chi connectivity index (χ4v) is 3.27. The van der Waals surface area contributed by atoms with Gasteiger partial charge in [0.15, 0.2) is 11.5 Å². The second kappa shape index (κ2) is 8.16. The maximum absolute atomic E-state index is 12.7. The van der Waals surface area contributed by atoms with Gasteiger partial charge < -0.3 is 19.5 Å². The monoisotopic (exact) mass is 386 g/mol. The minimum atomic E-state index is -0.609. The van der Waals surface area contributed by atoms with Crippen molar-refractivity contribution >= 4 is 11.6 Å². The summed E-state index contributed by atoms with van der Waals surface area (Å²) in [4.78, 5) is 23.5. The van der Waals surface area contributed by atoms with Gasteiger partial charge in [0, 0.05) is 18.5 Å². The quantitative estimate of drug-likeness (QED) is 0.580. The van der Waals surface area contributed by atoms with E-state index in [0.29, 0.717) is 13.0 Å². The minimum absolute atomic E-state index is 0.0724. The van der Waals surface area contributed by atoms with Gasteiger partial charge in [0.25, 0.3) is 11.6 Å². The number of hydrogen-bond acceptors (Lipinski definition) is 6. The van der Waals surface area contributed by atoms with E-state index in [2.05, 4.69) is 11.4 Å². The SMILES string of the molecule is COc1cc(C(=O)NC(C)Cc2ccc3c(c2)CCO3)c([N+](=O)[O-])cc1OC. The van der Waals surface area contributed by atoms with E-state index in [1.165, 1.54) is 26.4 Å². The maximum Gasteiger partial charge on any atom is 0.286 e. The number of nitrogens with one attached hydrogen (secondary N) is 1. The van der Waals surface area contributed by atoms with Crippen LogP contribution in [0.2, 0.25) is 0 Å². The van der Waals surface area contributed by atoms with E-state index in [1.54, 1.807) is 0 Å². The van der Waals surface area contributed by atoms with Gasteiger partial charge in [0.05, 0.1) is 31.8 Å². The molecule has 28 heavy (non-hydrogen) atoms. The van der Waals surface area contributed by atoms with Gasteiger partial charge in [0.1, 0.15) is 11.3 Å². The molecule has 1 unspecified atom stereocenters. The van der Waals surface area contributed by atoms with Crippen molar-refractivity contribution in [1.29, 1.82) is 0 Å². The standard InChI is InChI=1S/C20H22N2O6/c1-12(8-13-4-5-17-14(9-13)6-7-28-17)21-20(23)15-10-18(26-2)19(27-3)11-16(15)22(24)25/h4-5,9-12H,6-8H2,1-3H3,(H,21,23). The lowest BCUT2D eigenvalue weighted by molar-refractivity contribution is -0.385. The highest BCUT2D eigenvalue weighted by Gasteiger charge is 2.25. The van der Waals surface area contributed by atoms with Crippen LogP contribution in [0.25, 0.3) is 0 Å². The van der Waals surface area contributed by atoms with Crippen LogP contribution in [0.1, 0.15) is 28.4 Å². The van der Waals surface area contributed by atoms with Gasteiger partial charge in [0.2, 0.25) is 0 Å². The van der Waals surface area contributed by atoms with Crippen molar-refractivity contribution in [1.82, 2.24) is 5.32 Å². The Kier molecular flexibility index (Phi) is 5.67. The van der Waals surface area contributed by atoms with E-state index >= 15 is 0 Å². The summed E-state index contributed by atoms with van der Waals surface area (Å²) in [6.45, 7) is 2.54. The Hall–Kier alpha value is -3.29. The van der Waals surface area contributed by atoms with Gasteiger partial charge in [-0.25, -0.2) is 0 Å². The van der Waals surface area contributed by atoms with Crippen molar-refractivity contribution in [3.05, 3.63) is 57.1 Å². The van der Waals surface area contributed by atoms with Crippen LogP contribution in [0.4, 0.5) is 5.69 Å². The van der Waals surface area contributed by atoms with Gasteiger partial charge in [-0.05, 0) is 30.5 Å². The molecule has 1 amide bonds. The van der Waals surface area contributed by atoms with Gasteiger partial charge >= 0.3 is 0 Å². The van der Waals surface area contributed by atoms with E-state index in [9.17, 15) is 14.9 Å². The van der Waals surface area contributed by atoms with E-state index in [1.807, 2.05) is 19.1 Å². The molecular weight excluding hydrogens is 364 g/mol. The number of benzene rings is 2. The van der Waals surface area contributed by atoms with Crippen molar-refractivity contribution in [3.8, 4) is 17.2 Å². The molecule has 0 spiro atoms. The van der Waals surface area contributed by atoms with E-state index in [0.717, 1.165) is 23.3 Å². The average molecular weight is 386 g/mol. The molecule has 0 saturated carbocycles. The zero-order valence-corrected chi connectivity index (χ0v) is 16.0. The summed E-state index contributed by atoms with van der Waals surface area (Å²) in [5.74, 6) is 0.815. The maximum atomic E-state index is 12.7. The number of nitro benzene ring substituents is 1. The van der Waals surface area contributed by atoms with Gasteiger partial charge in [-0.15, -0.1) is 0 Å². The van der Waals surface area contributed by atoms with Crippen molar-refractivity contribution in [3.63, 3.8) is 0 Å². The smallest absolute Gasteiger partial charge is 0.286 e. The molecule has 0 aromatic heterocycles. The lowest BCUT2D eigenvalue weighted by Gasteiger charge is -2.16. The van der Waals surface area contributed by atoms with E-state index < -0.39 is 10.8 Å². The van der Waals surface area contributed by atoms with E-state index in [-0.39, 0.29) is 28.8 Å². The topological polar surface area (TPSA) is 99.9 Å². The largest absolute Gasteiger partial charge is 0.493 e. The lowest BCUT2D eigenvalue weighted by Crippen LogP contribution is -2.34. The summed E-state index contributed by atoms with van der Waals surface area (Å²) in [5, 5.41) is 14.2. The molecule has 0 radical (unpaired) electrons. The molecule has 1 N–H and O–H groups in total. The zero-order valence-electron chi connectivity index (χ0n) is 16.0. The number of ether oxygens (including phenoxy) is 3. The number of methoxy groups -OCH3 is 2. The Morgan fingerprint density at radius 1 is 1.25 bits per heavy atom. The van der Waals surface area contributed by atoms with E-state index in [4.69, 9.17) is 14.2 Å². The predicted molar refractivity (Wildman–Crippen MR) is 102 cm³/mol. The van der Waals surface area contributed by atoms with Crippen LogP contribution >= 0.6 is 0 Å². The Labute approximate surface area is 162 Å². The second-order valence-electron chi connectivity index (χ2n) is 6.60. The third kappa shape index (κ3) is 4.00. The Balaban J connectivity index is 1.77. The molecule has 8 nitrogen and oxygen atoms in total. The third-order valence-corrected chi connectivity index (χ3v) is 4.62. The first-order chi connectivity index (χ1) is 13.4. The summed E-state index contributed by atoms with van der Waals surface area (Å²) < 4.78 is 15.8. The second-order valence-corrected chi connectivity index (χ2v) is 6.60. The van der Waals surface area contributed by atoms with Gasteiger partial charge in [-0.1, -0.05) is 12.1 Å². The summed E-state index contributed by atoms with van der Waals surface area (Å²) in [6.07, 6.45) is 1.47. The first-order valence-electron chi connectivity index (χ1n) is 8.88. The molecule has 1 atom stereocenters. The van der Waals surface area contributed by atoms with Crippen LogP contribution in [0, 0.1) is 10.1 Å². The molecule has 0 bridgehead atoms. The number of rotatable bonds is 7. The summed E-state index contributed by atoms with van der Waals surface area (Å²) >= 11 is 0. The minimum Gasteiger partial charge on any atom is -0.493 e. The van der Waals surface area contributed by atoms with Crippen LogP contribution in [0.5, 0.6) is 17.2 Å².